The van der Waals surface area contributed by atoms with E-state index in [0.29, 0.717) is 17.2 Å². The summed E-state index contributed by atoms with van der Waals surface area (Å²) >= 11 is 3.18. The third kappa shape index (κ3) is 3.44. The Bertz CT molecular complexity index is 937. The van der Waals surface area contributed by atoms with Gasteiger partial charge in [0.25, 0.3) is 5.91 Å². The molecule has 0 saturated carbocycles. The number of amides is 1. The zero-order valence-electron chi connectivity index (χ0n) is 15.2. The van der Waals surface area contributed by atoms with Crippen molar-refractivity contribution in [2.24, 2.45) is 0 Å². The Hall–Kier alpha value is -2.38. The summed E-state index contributed by atoms with van der Waals surface area (Å²) in [4.78, 5) is 20.9. The minimum atomic E-state index is 0.00822. The second-order valence-corrected chi connectivity index (χ2v) is 8.12. The van der Waals surface area contributed by atoms with Crippen molar-refractivity contribution in [3.8, 4) is 22.1 Å². The van der Waals surface area contributed by atoms with Gasteiger partial charge in [-0.15, -0.1) is 22.7 Å². The summed E-state index contributed by atoms with van der Waals surface area (Å²) in [5.41, 5.74) is 1.42. The number of ether oxygens (including phenoxy) is 2. The van der Waals surface area contributed by atoms with Crippen LogP contribution in [0.5, 0.6) is 11.5 Å². The Morgan fingerprint density at radius 3 is 2.78 bits per heavy atom. The first-order chi connectivity index (χ1) is 13.2. The molecular weight excluding hydrogens is 380 g/mol. The maximum Gasteiger partial charge on any atom is 0.273 e. The average molecular weight is 401 g/mol. The van der Waals surface area contributed by atoms with Crippen LogP contribution in [0.3, 0.4) is 0 Å². The Kier molecular flexibility index (Phi) is 5.13. The minimum absolute atomic E-state index is 0.00822. The fourth-order valence-corrected chi connectivity index (χ4v) is 5.07. The predicted molar refractivity (Wildman–Crippen MR) is 108 cm³/mol. The van der Waals surface area contributed by atoms with E-state index in [-0.39, 0.29) is 11.9 Å². The summed E-state index contributed by atoms with van der Waals surface area (Å²) < 4.78 is 10.7. The number of nitrogens with zero attached hydrogens (tertiary/aromatic N) is 2. The van der Waals surface area contributed by atoms with Crippen LogP contribution in [0.15, 0.2) is 41.1 Å². The molecular formula is C20H20N2O3S2. The molecule has 1 fully saturated rings. The van der Waals surface area contributed by atoms with Crippen LogP contribution in [-0.4, -0.2) is 36.6 Å². The third-order valence-corrected chi connectivity index (χ3v) is 6.60. The molecule has 1 unspecified atom stereocenters. The highest BCUT2D eigenvalue weighted by Gasteiger charge is 2.32. The average Bonchev–Trinajstić information content (AvgIpc) is 3.47. The lowest BCUT2D eigenvalue weighted by Crippen LogP contribution is -2.30. The standard InChI is InChI=1S/C20H20N2O3S2/c1-24-16-8-7-13(11-17(16)25-2)19-21-14(12-27-19)20(23)22-9-3-5-15(22)18-6-4-10-26-18/h4,6-8,10-12,15H,3,5,9H2,1-2H3. The molecule has 4 rings (SSSR count). The molecule has 3 aromatic rings. The van der Waals surface area contributed by atoms with E-state index in [1.54, 1.807) is 25.6 Å². The number of rotatable bonds is 5. The lowest BCUT2D eigenvalue weighted by Gasteiger charge is -2.22. The van der Waals surface area contributed by atoms with Gasteiger partial charge < -0.3 is 14.4 Å². The zero-order valence-corrected chi connectivity index (χ0v) is 16.8. The number of carbonyl (C=O) groups is 1. The summed E-state index contributed by atoms with van der Waals surface area (Å²) in [5, 5.41) is 4.71. The van der Waals surface area contributed by atoms with E-state index in [1.165, 1.54) is 16.2 Å². The van der Waals surface area contributed by atoms with Crippen molar-refractivity contribution >= 4 is 28.6 Å². The van der Waals surface area contributed by atoms with E-state index in [4.69, 9.17) is 9.47 Å². The van der Waals surface area contributed by atoms with Crippen LogP contribution < -0.4 is 9.47 Å². The molecule has 1 aromatic carbocycles. The number of carbonyl (C=O) groups excluding carboxylic acids is 1. The number of thiophene rings is 1. The number of hydrogen-bond acceptors (Lipinski definition) is 6. The lowest BCUT2D eigenvalue weighted by molar-refractivity contribution is 0.0733. The highest BCUT2D eigenvalue weighted by atomic mass is 32.1. The summed E-state index contributed by atoms with van der Waals surface area (Å²) in [5.74, 6) is 1.33. The number of thiazole rings is 1. The van der Waals surface area contributed by atoms with Crippen LogP contribution in [-0.2, 0) is 0 Å². The van der Waals surface area contributed by atoms with Crippen molar-refractivity contribution < 1.29 is 14.3 Å². The van der Waals surface area contributed by atoms with E-state index in [0.717, 1.165) is 30.0 Å². The second-order valence-electron chi connectivity index (χ2n) is 6.28. The molecule has 1 aliphatic rings. The van der Waals surface area contributed by atoms with E-state index in [2.05, 4.69) is 16.4 Å². The molecule has 0 radical (unpaired) electrons. The van der Waals surface area contributed by atoms with Crippen LogP contribution >= 0.6 is 22.7 Å². The van der Waals surface area contributed by atoms with Gasteiger partial charge in [0.2, 0.25) is 0 Å². The molecule has 1 amide bonds. The zero-order chi connectivity index (χ0) is 18.8. The SMILES string of the molecule is COc1ccc(-c2nc(C(=O)N3CCCC3c3cccs3)cs2)cc1OC. The predicted octanol–water partition coefficient (Wildman–Crippen LogP) is 4.87. The molecule has 27 heavy (non-hydrogen) atoms. The molecule has 5 nitrogen and oxygen atoms in total. The van der Waals surface area contributed by atoms with Gasteiger partial charge in [-0.2, -0.15) is 0 Å². The molecule has 0 spiro atoms. The molecule has 0 aliphatic carbocycles. The highest BCUT2D eigenvalue weighted by Crippen LogP contribution is 2.37. The smallest absolute Gasteiger partial charge is 0.273 e. The molecule has 1 aliphatic heterocycles. The van der Waals surface area contributed by atoms with Gasteiger partial charge in [0, 0.05) is 22.4 Å². The van der Waals surface area contributed by atoms with Gasteiger partial charge in [0.05, 0.1) is 20.3 Å². The maximum atomic E-state index is 13.1. The van der Waals surface area contributed by atoms with Gasteiger partial charge >= 0.3 is 0 Å². The monoisotopic (exact) mass is 400 g/mol. The molecule has 140 valence electrons. The Balaban J connectivity index is 1.58. The van der Waals surface area contributed by atoms with Crippen molar-refractivity contribution in [3.05, 3.63) is 51.7 Å². The number of methoxy groups -OCH3 is 2. The lowest BCUT2D eigenvalue weighted by atomic mass is 10.2. The fourth-order valence-electron chi connectivity index (χ4n) is 3.41. The van der Waals surface area contributed by atoms with E-state index < -0.39 is 0 Å². The second kappa shape index (κ2) is 7.70. The minimum Gasteiger partial charge on any atom is -0.493 e. The first kappa shape index (κ1) is 18.0. The van der Waals surface area contributed by atoms with Gasteiger partial charge in [-0.3, -0.25) is 4.79 Å². The molecule has 1 saturated heterocycles. The highest BCUT2D eigenvalue weighted by molar-refractivity contribution is 7.13. The largest absolute Gasteiger partial charge is 0.493 e. The summed E-state index contributed by atoms with van der Waals surface area (Å²) in [6, 6.07) is 9.98. The van der Waals surface area contributed by atoms with Gasteiger partial charge in [0.1, 0.15) is 10.7 Å². The van der Waals surface area contributed by atoms with Crippen molar-refractivity contribution in [3.63, 3.8) is 0 Å². The van der Waals surface area contributed by atoms with Crippen LogP contribution in [0, 0.1) is 0 Å². The van der Waals surface area contributed by atoms with Crippen molar-refractivity contribution in [2.45, 2.75) is 18.9 Å². The van der Waals surface area contributed by atoms with Gasteiger partial charge in [-0.05, 0) is 42.5 Å². The van der Waals surface area contributed by atoms with E-state index >= 15 is 0 Å². The van der Waals surface area contributed by atoms with E-state index in [1.807, 2.05) is 34.5 Å². The number of hydrogen-bond donors (Lipinski definition) is 0. The Morgan fingerprint density at radius 2 is 2.04 bits per heavy atom. The Morgan fingerprint density at radius 1 is 1.19 bits per heavy atom. The molecule has 7 heteroatoms. The Labute approximate surface area is 166 Å². The molecule has 3 heterocycles. The van der Waals surface area contributed by atoms with Gasteiger partial charge in [-0.1, -0.05) is 6.07 Å². The van der Waals surface area contributed by atoms with E-state index in [9.17, 15) is 4.79 Å². The van der Waals surface area contributed by atoms with Crippen molar-refractivity contribution in [1.82, 2.24) is 9.88 Å². The maximum absolute atomic E-state index is 13.1. The third-order valence-electron chi connectivity index (χ3n) is 4.74. The van der Waals surface area contributed by atoms with Crippen LogP contribution in [0.25, 0.3) is 10.6 Å². The summed E-state index contributed by atoms with van der Waals surface area (Å²) in [7, 11) is 3.22. The summed E-state index contributed by atoms with van der Waals surface area (Å²) in [6.07, 6.45) is 2.04. The fraction of sp³-hybridized carbons (Fsp3) is 0.300. The number of benzene rings is 1. The molecule has 0 N–H and O–H groups in total. The first-order valence-corrected chi connectivity index (χ1v) is 10.5. The number of likely N-dealkylation sites (tertiary alicyclic amines) is 1. The molecule has 2 aromatic heterocycles. The van der Waals surface area contributed by atoms with Crippen molar-refractivity contribution in [1.29, 1.82) is 0 Å². The first-order valence-electron chi connectivity index (χ1n) is 8.73. The quantitative estimate of drug-likeness (QED) is 0.613. The van der Waals surface area contributed by atoms with Crippen molar-refractivity contribution in [2.75, 3.05) is 20.8 Å². The van der Waals surface area contributed by atoms with Gasteiger partial charge in [0.15, 0.2) is 11.5 Å². The van der Waals surface area contributed by atoms with Gasteiger partial charge in [-0.25, -0.2) is 4.98 Å². The van der Waals surface area contributed by atoms with Crippen LogP contribution in [0.2, 0.25) is 0 Å². The van der Waals surface area contributed by atoms with Crippen LogP contribution in [0.1, 0.15) is 34.2 Å². The normalized spacial score (nSPS) is 16.5. The summed E-state index contributed by atoms with van der Waals surface area (Å²) in [6.45, 7) is 0.782. The molecule has 1 atom stereocenters. The topological polar surface area (TPSA) is 51.7 Å². The molecule has 0 bridgehead atoms. The van der Waals surface area contributed by atoms with Crippen LogP contribution in [0.4, 0.5) is 0 Å². The number of aromatic nitrogens is 1.